The Morgan fingerprint density at radius 1 is 1.30 bits per heavy atom. The van der Waals surface area contributed by atoms with Gasteiger partial charge < -0.3 is 16.0 Å². The highest BCUT2D eigenvalue weighted by atomic mass is 15.1. The summed E-state index contributed by atoms with van der Waals surface area (Å²) in [7, 11) is 0. The molecule has 4 nitrogen and oxygen atoms in total. The molecule has 1 heterocycles. The Labute approximate surface area is 140 Å². The van der Waals surface area contributed by atoms with Crippen molar-refractivity contribution in [2.75, 3.05) is 31.5 Å². The lowest BCUT2D eigenvalue weighted by atomic mass is 9.90. The van der Waals surface area contributed by atoms with Gasteiger partial charge in [0.1, 0.15) is 0 Å². The number of nitrogens with one attached hydrogen (secondary N) is 1. The van der Waals surface area contributed by atoms with Crippen molar-refractivity contribution in [3.63, 3.8) is 0 Å². The van der Waals surface area contributed by atoms with Gasteiger partial charge in [-0.2, -0.15) is 0 Å². The van der Waals surface area contributed by atoms with E-state index in [1.54, 1.807) is 0 Å². The van der Waals surface area contributed by atoms with E-state index < -0.39 is 0 Å². The van der Waals surface area contributed by atoms with Crippen LogP contribution in [0.25, 0.3) is 0 Å². The van der Waals surface area contributed by atoms with E-state index in [0.717, 1.165) is 31.7 Å². The molecule has 126 valence electrons. The van der Waals surface area contributed by atoms with Gasteiger partial charge in [0.15, 0.2) is 5.96 Å². The van der Waals surface area contributed by atoms with Crippen LogP contribution in [0.3, 0.4) is 0 Å². The third kappa shape index (κ3) is 4.25. The van der Waals surface area contributed by atoms with E-state index in [-0.39, 0.29) is 0 Å². The van der Waals surface area contributed by atoms with Crippen LogP contribution in [0.2, 0.25) is 0 Å². The number of nitrogens with zero attached hydrogens (tertiary/aromatic N) is 2. The van der Waals surface area contributed by atoms with Crippen LogP contribution in [-0.2, 0) is 12.8 Å². The standard InChI is InChI=1S/C19H30N4/c1-2-23-12-6-7-15(14-23)13-21-19(20)22-18-11-5-9-16-8-3-4-10-17(16)18/h5,9,11,15H,2-4,6-8,10,12-14H2,1H3,(H3,20,21,22). The number of benzene rings is 1. The quantitative estimate of drug-likeness (QED) is 0.663. The zero-order valence-corrected chi connectivity index (χ0v) is 14.4. The molecule has 1 aromatic rings. The Kier molecular flexibility index (Phi) is 5.55. The predicted molar refractivity (Wildman–Crippen MR) is 98.0 cm³/mol. The monoisotopic (exact) mass is 314 g/mol. The molecule has 23 heavy (non-hydrogen) atoms. The lowest BCUT2D eigenvalue weighted by Gasteiger charge is -2.31. The van der Waals surface area contributed by atoms with Crippen LogP contribution in [0.1, 0.15) is 43.7 Å². The normalized spacial score (nSPS) is 22.7. The minimum Gasteiger partial charge on any atom is -0.370 e. The SMILES string of the molecule is CCN1CCCC(CN=C(N)Nc2cccc3c2CCCC3)C1. The predicted octanol–water partition coefficient (Wildman–Crippen LogP) is 3.02. The van der Waals surface area contributed by atoms with Crippen LogP contribution in [-0.4, -0.2) is 37.0 Å². The van der Waals surface area contributed by atoms with E-state index in [2.05, 4.69) is 40.3 Å². The number of aliphatic imine (C=N–C) groups is 1. The molecular weight excluding hydrogens is 284 g/mol. The highest BCUT2D eigenvalue weighted by Crippen LogP contribution is 2.27. The number of hydrogen-bond donors (Lipinski definition) is 2. The summed E-state index contributed by atoms with van der Waals surface area (Å²) in [6.07, 6.45) is 7.48. The van der Waals surface area contributed by atoms with Gasteiger partial charge in [0.25, 0.3) is 0 Å². The second-order valence-corrected chi connectivity index (χ2v) is 6.90. The highest BCUT2D eigenvalue weighted by molar-refractivity contribution is 5.93. The molecule has 1 unspecified atom stereocenters. The number of aryl methyl sites for hydroxylation is 1. The molecule has 1 aliphatic carbocycles. The molecule has 1 saturated heterocycles. The molecule has 3 N–H and O–H groups in total. The molecule has 4 heteroatoms. The number of hydrogen-bond acceptors (Lipinski definition) is 2. The Morgan fingerprint density at radius 2 is 2.17 bits per heavy atom. The van der Waals surface area contributed by atoms with Gasteiger partial charge in [0, 0.05) is 18.8 Å². The van der Waals surface area contributed by atoms with Crippen molar-refractivity contribution >= 4 is 11.6 Å². The van der Waals surface area contributed by atoms with E-state index in [0.29, 0.717) is 11.9 Å². The second-order valence-electron chi connectivity index (χ2n) is 6.90. The molecule has 3 rings (SSSR count). The van der Waals surface area contributed by atoms with Crippen LogP contribution >= 0.6 is 0 Å². The van der Waals surface area contributed by atoms with Crippen molar-refractivity contribution < 1.29 is 0 Å². The van der Waals surface area contributed by atoms with Gasteiger partial charge in [0.2, 0.25) is 0 Å². The molecule has 2 aliphatic rings. The lowest BCUT2D eigenvalue weighted by Crippen LogP contribution is -2.36. The summed E-state index contributed by atoms with van der Waals surface area (Å²) in [6.45, 7) is 6.61. The molecule has 1 aromatic carbocycles. The van der Waals surface area contributed by atoms with Crippen molar-refractivity contribution in [1.82, 2.24) is 4.90 Å². The van der Waals surface area contributed by atoms with Crippen LogP contribution < -0.4 is 11.1 Å². The third-order valence-corrected chi connectivity index (χ3v) is 5.23. The minimum absolute atomic E-state index is 0.567. The molecule has 1 aliphatic heterocycles. The Morgan fingerprint density at radius 3 is 3.04 bits per heavy atom. The molecular formula is C19H30N4. The number of guanidine groups is 1. The number of rotatable bonds is 4. The second kappa shape index (κ2) is 7.82. The van der Waals surface area contributed by atoms with E-state index in [1.165, 1.54) is 49.8 Å². The first-order valence-corrected chi connectivity index (χ1v) is 9.16. The first-order chi connectivity index (χ1) is 11.3. The molecule has 0 radical (unpaired) electrons. The van der Waals surface area contributed by atoms with Crippen molar-refractivity contribution in [3.05, 3.63) is 29.3 Å². The van der Waals surface area contributed by atoms with Gasteiger partial charge in [-0.3, -0.25) is 4.99 Å². The zero-order chi connectivity index (χ0) is 16.1. The maximum absolute atomic E-state index is 6.15. The number of fused-ring (bicyclic) bond motifs is 1. The zero-order valence-electron chi connectivity index (χ0n) is 14.4. The van der Waals surface area contributed by atoms with Crippen molar-refractivity contribution in [2.24, 2.45) is 16.6 Å². The number of likely N-dealkylation sites (tertiary alicyclic amines) is 1. The van der Waals surface area contributed by atoms with Crippen molar-refractivity contribution in [3.8, 4) is 0 Å². The Balaban J connectivity index is 1.59. The van der Waals surface area contributed by atoms with E-state index >= 15 is 0 Å². The summed E-state index contributed by atoms with van der Waals surface area (Å²) >= 11 is 0. The van der Waals surface area contributed by atoms with E-state index in [4.69, 9.17) is 5.73 Å². The fourth-order valence-corrected chi connectivity index (χ4v) is 3.89. The summed E-state index contributed by atoms with van der Waals surface area (Å²) in [6, 6.07) is 6.50. The molecule has 0 bridgehead atoms. The smallest absolute Gasteiger partial charge is 0.193 e. The molecule has 0 spiro atoms. The van der Waals surface area contributed by atoms with Crippen LogP contribution in [0, 0.1) is 5.92 Å². The average molecular weight is 314 g/mol. The molecule has 1 atom stereocenters. The minimum atomic E-state index is 0.567. The number of piperidine rings is 1. The maximum Gasteiger partial charge on any atom is 0.193 e. The highest BCUT2D eigenvalue weighted by Gasteiger charge is 2.18. The van der Waals surface area contributed by atoms with Crippen LogP contribution in [0.15, 0.2) is 23.2 Å². The summed E-state index contributed by atoms with van der Waals surface area (Å²) in [4.78, 5) is 7.13. The van der Waals surface area contributed by atoms with Gasteiger partial charge >= 0.3 is 0 Å². The summed E-state index contributed by atoms with van der Waals surface area (Å²) in [5.41, 5.74) is 10.2. The third-order valence-electron chi connectivity index (χ3n) is 5.23. The van der Waals surface area contributed by atoms with E-state index in [1.807, 2.05) is 0 Å². The number of anilines is 1. The van der Waals surface area contributed by atoms with Crippen molar-refractivity contribution in [2.45, 2.75) is 45.4 Å². The van der Waals surface area contributed by atoms with Gasteiger partial charge in [-0.1, -0.05) is 19.1 Å². The Bertz CT molecular complexity index is 552. The maximum atomic E-state index is 6.15. The number of nitrogens with two attached hydrogens (primary N) is 1. The molecule has 0 amide bonds. The lowest BCUT2D eigenvalue weighted by molar-refractivity contribution is 0.187. The van der Waals surface area contributed by atoms with Crippen LogP contribution in [0.5, 0.6) is 0 Å². The van der Waals surface area contributed by atoms with Gasteiger partial charge in [0.05, 0.1) is 0 Å². The molecule has 1 fully saturated rings. The molecule has 0 aromatic heterocycles. The van der Waals surface area contributed by atoms with Gasteiger partial charge in [-0.15, -0.1) is 0 Å². The van der Waals surface area contributed by atoms with E-state index in [9.17, 15) is 0 Å². The summed E-state index contributed by atoms with van der Waals surface area (Å²) in [5, 5.41) is 3.35. The first kappa shape index (κ1) is 16.3. The largest absolute Gasteiger partial charge is 0.370 e. The first-order valence-electron chi connectivity index (χ1n) is 9.16. The van der Waals surface area contributed by atoms with Crippen molar-refractivity contribution in [1.29, 1.82) is 0 Å². The average Bonchev–Trinajstić information content (AvgIpc) is 2.60. The Hall–Kier alpha value is -1.55. The summed E-state index contributed by atoms with van der Waals surface area (Å²) in [5.74, 6) is 1.21. The molecule has 0 saturated carbocycles. The fourth-order valence-electron chi connectivity index (χ4n) is 3.89. The van der Waals surface area contributed by atoms with Crippen LogP contribution in [0.4, 0.5) is 5.69 Å². The van der Waals surface area contributed by atoms with Gasteiger partial charge in [-0.05, 0) is 74.7 Å². The summed E-state index contributed by atoms with van der Waals surface area (Å²) < 4.78 is 0. The topological polar surface area (TPSA) is 53.6 Å². The van der Waals surface area contributed by atoms with Gasteiger partial charge in [-0.25, -0.2) is 0 Å². The fraction of sp³-hybridized carbons (Fsp3) is 0.632.